The topological polar surface area (TPSA) is 82.0 Å². The van der Waals surface area contributed by atoms with Crippen LogP contribution in [0.5, 0.6) is 11.5 Å². The average Bonchev–Trinajstić information content (AvgIpc) is 3.16. The zero-order valence-electron chi connectivity index (χ0n) is 16.2. The Hall–Kier alpha value is -3.19. The number of furan rings is 1. The average molecular weight is 384 g/mol. The van der Waals surface area contributed by atoms with Crippen molar-refractivity contribution >= 4 is 17.0 Å². The number of hydrogen-bond acceptors (Lipinski definition) is 5. The number of amides is 2. The van der Waals surface area contributed by atoms with Crippen molar-refractivity contribution in [1.29, 1.82) is 0 Å². The number of benzene rings is 2. The number of para-hydroxylation sites is 1. The van der Waals surface area contributed by atoms with Gasteiger partial charge in [0, 0.05) is 19.0 Å². The van der Waals surface area contributed by atoms with E-state index in [-0.39, 0.29) is 18.7 Å². The van der Waals surface area contributed by atoms with Crippen molar-refractivity contribution < 1.29 is 23.4 Å². The van der Waals surface area contributed by atoms with Crippen molar-refractivity contribution in [2.24, 2.45) is 0 Å². The van der Waals surface area contributed by atoms with Crippen LogP contribution in [-0.2, 0) is 11.3 Å². The molecule has 2 amide bonds. The number of ether oxygens (including phenoxy) is 3. The summed E-state index contributed by atoms with van der Waals surface area (Å²) in [5, 5.41) is 6.62. The number of nitrogens with one attached hydrogen (secondary N) is 2. The molecule has 148 valence electrons. The summed E-state index contributed by atoms with van der Waals surface area (Å²) >= 11 is 0. The van der Waals surface area contributed by atoms with Gasteiger partial charge in [-0.3, -0.25) is 0 Å². The van der Waals surface area contributed by atoms with Crippen molar-refractivity contribution in [3.05, 3.63) is 59.9 Å². The zero-order chi connectivity index (χ0) is 19.9. The molecule has 0 saturated carbocycles. The highest BCUT2D eigenvalue weighted by Crippen LogP contribution is 2.27. The van der Waals surface area contributed by atoms with Crippen LogP contribution in [0.15, 0.2) is 52.9 Å². The normalized spacial score (nSPS) is 11.8. The maximum absolute atomic E-state index is 12.2. The van der Waals surface area contributed by atoms with Gasteiger partial charge in [-0.2, -0.15) is 0 Å². The second kappa shape index (κ2) is 9.14. The molecule has 2 aromatic carbocycles. The van der Waals surface area contributed by atoms with Crippen LogP contribution in [0.25, 0.3) is 11.0 Å². The lowest BCUT2D eigenvalue weighted by molar-refractivity contribution is 0.0865. The van der Waals surface area contributed by atoms with Gasteiger partial charge in [-0.05, 0) is 29.8 Å². The molecule has 0 aliphatic carbocycles. The Kier molecular flexibility index (Phi) is 6.39. The van der Waals surface area contributed by atoms with Gasteiger partial charge in [-0.15, -0.1) is 0 Å². The summed E-state index contributed by atoms with van der Waals surface area (Å²) in [7, 11) is 4.74. The summed E-state index contributed by atoms with van der Waals surface area (Å²) in [6.07, 6.45) is -0.376. The molecule has 2 N–H and O–H groups in total. The van der Waals surface area contributed by atoms with E-state index in [0.29, 0.717) is 23.8 Å². The smallest absolute Gasteiger partial charge is 0.315 e. The van der Waals surface area contributed by atoms with Gasteiger partial charge in [0.15, 0.2) is 11.5 Å². The fraction of sp³-hybridized carbons (Fsp3) is 0.286. The number of urea groups is 1. The lowest BCUT2D eigenvalue weighted by Gasteiger charge is -2.15. The highest BCUT2D eigenvalue weighted by atomic mass is 16.5. The Bertz CT molecular complexity index is 904. The predicted octanol–water partition coefficient (Wildman–Crippen LogP) is 3.64. The van der Waals surface area contributed by atoms with E-state index in [1.165, 1.54) is 0 Å². The van der Waals surface area contributed by atoms with Crippen LogP contribution >= 0.6 is 0 Å². The van der Waals surface area contributed by atoms with Crippen LogP contribution in [0, 0.1) is 0 Å². The first kappa shape index (κ1) is 19.6. The van der Waals surface area contributed by atoms with E-state index in [0.717, 1.165) is 16.5 Å². The molecule has 0 unspecified atom stereocenters. The summed E-state index contributed by atoms with van der Waals surface area (Å²) in [4.78, 5) is 12.2. The highest BCUT2D eigenvalue weighted by Gasteiger charge is 2.17. The molecule has 1 heterocycles. The largest absolute Gasteiger partial charge is 0.493 e. The summed E-state index contributed by atoms with van der Waals surface area (Å²) in [6, 6.07) is 14.9. The van der Waals surface area contributed by atoms with Gasteiger partial charge in [0.05, 0.1) is 20.8 Å². The minimum atomic E-state index is -0.376. The SMILES string of the molecule is COc1ccc(CNC(=O)NC[C@H](OC)c2cc3ccccc3o2)cc1OC. The third kappa shape index (κ3) is 4.55. The van der Waals surface area contributed by atoms with Gasteiger partial charge >= 0.3 is 6.03 Å². The highest BCUT2D eigenvalue weighted by molar-refractivity contribution is 5.78. The van der Waals surface area contributed by atoms with Crippen LogP contribution in [0.3, 0.4) is 0 Å². The quantitative estimate of drug-likeness (QED) is 0.620. The Labute approximate surface area is 163 Å². The van der Waals surface area contributed by atoms with Crippen molar-refractivity contribution in [3.63, 3.8) is 0 Å². The molecule has 0 bridgehead atoms. The number of carbonyl (C=O) groups excluding carboxylic acids is 1. The molecular weight excluding hydrogens is 360 g/mol. The summed E-state index contributed by atoms with van der Waals surface area (Å²) in [6.45, 7) is 0.641. The third-order valence-corrected chi connectivity index (χ3v) is 4.40. The van der Waals surface area contributed by atoms with E-state index >= 15 is 0 Å². The van der Waals surface area contributed by atoms with Gasteiger partial charge in [0.2, 0.25) is 0 Å². The van der Waals surface area contributed by atoms with Crippen LogP contribution in [0.1, 0.15) is 17.4 Å². The van der Waals surface area contributed by atoms with Gasteiger partial charge in [0.1, 0.15) is 17.4 Å². The molecule has 28 heavy (non-hydrogen) atoms. The van der Waals surface area contributed by atoms with Crippen LogP contribution in [0.4, 0.5) is 4.79 Å². The minimum Gasteiger partial charge on any atom is -0.493 e. The van der Waals surface area contributed by atoms with Gasteiger partial charge in [-0.1, -0.05) is 24.3 Å². The van der Waals surface area contributed by atoms with Gasteiger partial charge in [0.25, 0.3) is 0 Å². The molecule has 0 aliphatic rings. The van der Waals surface area contributed by atoms with Crippen molar-refractivity contribution in [3.8, 4) is 11.5 Å². The molecule has 3 aromatic rings. The maximum atomic E-state index is 12.2. The molecule has 1 aromatic heterocycles. The van der Waals surface area contributed by atoms with E-state index in [9.17, 15) is 4.79 Å². The summed E-state index contributed by atoms with van der Waals surface area (Å²) < 4.78 is 21.8. The number of hydrogen-bond donors (Lipinski definition) is 2. The Morgan fingerprint density at radius 1 is 1.00 bits per heavy atom. The zero-order valence-corrected chi connectivity index (χ0v) is 16.2. The van der Waals surface area contributed by atoms with E-state index in [4.69, 9.17) is 18.6 Å². The second-order valence-corrected chi connectivity index (χ2v) is 6.16. The monoisotopic (exact) mass is 384 g/mol. The first-order valence-electron chi connectivity index (χ1n) is 8.88. The number of fused-ring (bicyclic) bond motifs is 1. The van der Waals surface area contributed by atoms with Gasteiger partial charge < -0.3 is 29.3 Å². The maximum Gasteiger partial charge on any atom is 0.315 e. The Morgan fingerprint density at radius 2 is 1.79 bits per heavy atom. The first-order valence-corrected chi connectivity index (χ1v) is 8.88. The molecule has 0 spiro atoms. The Morgan fingerprint density at radius 3 is 2.50 bits per heavy atom. The van der Waals surface area contributed by atoms with Crippen molar-refractivity contribution in [1.82, 2.24) is 10.6 Å². The fourth-order valence-electron chi connectivity index (χ4n) is 2.88. The van der Waals surface area contributed by atoms with E-state index in [2.05, 4.69) is 10.6 Å². The van der Waals surface area contributed by atoms with Crippen LogP contribution < -0.4 is 20.1 Å². The molecule has 3 rings (SSSR count). The lowest BCUT2D eigenvalue weighted by atomic mass is 10.2. The van der Waals surface area contributed by atoms with Gasteiger partial charge in [-0.25, -0.2) is 4.79 Å². The predicted molar refractivity (Wildman–Crippen MR) is 106 cm³/mol. The van der Waals surface area contributed by atoms with E-state index in [1.54, 1.807) is 27.4 Å². The third-order valence-electron chi connectivity index (χ3n) is 4.40. The Balaban J connectivity index is 1.54. The van der Waals surface area contributed by atoms with E-state index < -0.39 is 0 Å². The molecule has 0 aliphatic heterocycles. The molecule has 7 nitrogen and oxygen atoms in total. The van der Waals surface area contributed by atoms with E-state index in [1.807, 2.05) is 42.5 Å². The molecule has 0 fully saturated rings. The molecule has 0 radical (unpaired) electrons. The minimum absolute atomic E-state index is 0.286. The second-order valence-electron chi connectivity index (χ2n) is 6.16. The van der Waals surface area contributed by atoms with Crippen LogP contribution in [-0.4, -0.2) is 33.9 Å². The van der Waals surface area contributed by atoms with Crippen LogP contribution in [0.2, 0.25) is 0 Å². The van der Waals surface area contributed by atoms with Crippen molar-refractivity contribution in [2.75, 3.05) is 27.9 Å². The standard InChI is InChI=1S/C21H24N2O5/c1-25-17-9-8-14(10-18(17)26-2)12-22-21(24)23-13-20(27-3)19-11-15-6-4-5-7-16(15)28-19/h4-11,20H,12-13H2,1-3H3,(H2,22,23,24)/t20-/m0/s1. The molecular formula is C21H24N2O5. The summed E-state index contributed by atoms with van der Waals surface area (Å²) in [5.74, 6) is 1.93. The lowest BCUT2D eigenvalue weighted by Crippen LogP contribution is -2.37. The summed E-state index contributed by atoms with van der Waals surface area (Å²) in [5.41, 5.74) is 1.69. The molecule has 7 heteroatoms. The molecule has 0 saturated heterocycles. The fourth-order valence-corrected chi connectivity index (χ4v) is 2.88. The number of rotatable bonds is 8. The van der Waals surface area contributed by atoms with Crippen molar-refractivity contribution in [2.45, 2.75) is 12.6 Å². The molecule has 1 atom stereocenters. The number of methoxy groups -OCH3 is 3. The first-order chi connectivity index (χ1) is 13.6. The number of carbonyl (C=O) groups is 1.